The molecule has 1 N–H and O–H groups in total. The van der Waals surface area contributed by atoms with Crippen LogP contribution in [0.3, 0.4) is 0 Å². The minimum atomic E-state index is -0.330. The Morgan fingerprint density at radius 2 is 1.81 bits per heavy atom. The molecule has 0 fully saturated rings. The third kappa shape index (κ3) is 4.46. The summed E-state index contributed by atoms with van der Waals surface area (Å²) in [5.74, 6) is 0.327. The van der Waals surface area contributed by atoms with Gasteiger partial charge in [-0.15, -0.1) is 0 Å². The summed E-state index contributed by atoms with van der Waals surface area (Å²) in [6.07, 6.45) is 4.30. The monoisotopic (exact) mass is 431 g/mol. The normalized spacial score (nSPS) is 13.1. The fraction of sp³-hybridized carbons (Fsp3) is 0.250. The highest BCUT2D eigenvalue weighted by Crippen LogP contribution is 2.31. The molecule has 0 bridgehead atoms. The van der Waals surface area contributed by atoms with Gasteiger partial charge in [0.05, 0.1) is 22.5 Å². The summed E-state index contributed by atoms with van der Waals surface area (Å²) >= 11 is 1.41. The van der Waals surface area contributed by atoms with Gasteiger partial charge < -0.3 is 5.32 Å². The number of thioether (sulfide) groups is 1. The number of hydrogen-bond acceptors (Lipinski definition) is 5. The summed E-state index contributed by atoms with van der Waals surface area (Å²) < 4.78 is 1.79. The van der Waals surface area contributed by atoms with E-state index in [9.17, 15) is 4.79 Å². The molecule has 2 heterocycles. The predicted molar refractivity (Wildman–Crippen MR) is 126 cm³/mol. The molecular weight excluding hydrogens is 406 g/mol. The summed E-state index contributed by atoms with van der Waals surface area (Å²) in [6.45, 7) is 6.21. The highest BCUT2D eigenvalue weighted by Gasteiger charge is 2.20. The minimum Gasteiger partial charge on any atom is -0.325 e. The molecule has 0 saturated carbocycles. The van der Waals surface area contributed by atoms with Crippen LogP contribution in [-0.4, -0.2) is 30.9 Å². The summed E-state index contributed by atoms with van der Waals surface area (Å²) in [7, 11) is 0. The highest BCUT2D eigenvalue weighted by molar-refractivity contribution is 8.00. The number of nitrogens with one attached hydrogen (secondary N) is 1. The predicted octanol–water partition coefficient (Wildman–Crippen LogP) is 5.45. The van der Waals surface area contributed by atoms with Gasteiger partial charge in [0.15, 0.2) is 5.65 Å². The molecule has 7 heteroatoms. The molecule has 0 aliphatic rings. The Balaban J connectivity index is 1.55. The molecule has 0 spiro atoms. The fourth-order valence-electron chi connectivity index (χ4n) is 3.39. The number of fused-ring (bicyclic) bond motifs is 1. The van der Waals surface area contributed by atoms with Crippen molar-refractivity contribution < 1.29 is 4.79 Å². The van der Waals surface area contributed by atoms with Gasteiger partial charge >= 0.3 is 0 Å². The first-order valence-corrected chi connectivity index (χ1v) is 11.3. The average molecular weight is 432 g/mol. The van der Waals surface area contributed by atoms with E-state index in [0.29, 0.717) is 5.92 Å². The molecule has 0 radical (unpaired) electrons. The van der Waals surface area contributed by atoms with E-state index in [1.807, 2.05) is 55.5 Å². The van der Waals surface area contributed by atoms with Gasteiger partial charge in [0.1, 0.15) is 11.4 Å². The van der Waals surface area contributed by atoms with Crippen molar-refractivity contribution in [2.45, 2.75) is 43.4 Å². The lowest BCUT2D eigenvalue weighted by atomic mass is 9.97. The number of rotatable bonds is 7. The first kappa shape index (κ1) is 21.1. The van der Waals surface area contributed by atoms with Crippen LogP contribution in [0, 0.1) is 0 Å². The maximum Gasteiger partial charge on any atom is 0.237 e. The average Bonchev–Trinajstić information content (AvgIpc) is 3.24. The fourth-order valence-corrected chi connectivity index (χ4v) is 4.27. The van der Waals surface area contributed by atoms with Crippen LogP contribution in [0.15, 0.2) is 72.1 Å². The van der Waals surface area contributed by atoms with Gasteiger partial charge in [0.25, 0.3) is 0 Å². The molecule has 31 heavy (non-hydrogen) atoms. The molecule has 0 unspecified atom stereocenters. The molecule has 0 saturated heterocycles. The molecule has 1 amide bonds. The van der Waals surface area contributed by atoms with Crippen LogP contribution in [0.25, 0.3) is 16.7 Å². The van der Waals surface area contributed by atoms with Crippen molar-refractivity contribution in [3.8, 4) is 5.69 Å². The summed E-state index contributed by atoms with van der Waals surface area (Å²) in [5, 5.41) is 8.83. The van der Waals surface area contributed by atoms with Crippen LogP contribution in [0.1, 0.15) is 38.7 Å². The second kappa shape index (κ2) is 9.31. The van der Waals surface area contributed by atoms with Crippen LogP contribution < -0.4 is 5.32 Å². The van der Waals surface area contributed by atoms with Gasteiger partial charge in [-0.1, -0.05) is 62.0 Å². The first-order chi connectivity index (χ1) is 15.1. The van der Waals surface area contributed by atoms with Gasteiger partial charge in [-0.2, -0.15) is 5.10 Å². The number of para-hydroxylation sites is 2. The van der Waals surface area contributed by atoms with Gasteiger partial charge in [0, 0.05) is 5.69 Å². The standard InChI is InChI=1S/C24H25N5OS/c1-4-16(2)19-12-8-9-13-21(19)28-23(30)17(3)31-24-20-14-27-29(22(20)25-15-26-24)18-10-6-5-7-11-18/h5-17H,4H2,1-3H3,(H,28,30)/t16-,17-/m0/s1. The Morgan fingerprint density at radius 3 is 2.58 bits per heavy atom. The van der Waals surface area contributed by atoms with Gasteiger partial charge in [-0.3, -0.25) is 4.79 Å². The third-order valence-corrected chi connectivity index (χ3v) is 6.47. The molecule has 4 rings (SSSR count). The van der Waals surface area contributed by atoms with E-state index in [0.717, 1.165) is 39.4 Å². The maximum atomic E-state index is 12.9. The zero-order valence-electron chi connectivity index (χ0n) is 17.8. The number of carbonyl (C=O) groups excluding carboxylic acids is 1. The van der Waals surface area contributed by atoms with Crippen molar-refractivity contribution in [1.82, 2.24) is 19.7 Å². The molecule has 0 aliphatic heterocycles. The van der Waals surface area contributed by atoms with E-state index in [1.165, 1.54) is 18.1 Å². The number of benzene rings is 2. The number of anilines is 1. The van der Waals surface area contributed by atoms with Crippen LogP contribution in [0.5, 0.6) is 0 Å². The van der Waals surface area contributed by atoms with Gasteiger partial charge in [0.2, 0.25) is 5.91 Å². The Morgan fingerprint density at radius 1 is 1.06 bits per heavy atom. The van der Waals surface area contributed by atoms with E-state index in [4.69, 9.17) is 0 Å². The second-order valence-electron chi connectivity index (χ2n) is 7.45. The van der Waals surface area contributed by atoms with E-state index in [2.05, 4.69) is 40.3 Å². The largest absolute Gasteiger partial charge is 0.325 e. The maximum absolute atomic E-state index is 12.9. The van der Waals surface area contributed by atoms with Crippen LogP contribution in [-0.2, 0) is 4.79 Å². The summed E-state index contributed by atoms with van der Waals surface area (Å²) in [6, 6.07) is 17.8. The lowest BCUT2D eigenvalue weighted by Crippen LogP contribution is -2.23. The van der Waals surface area contributed by atoms with Crippen molar-refractivity contribution in [2.24, 2.45) is 0 Å². The quantitative estimate of drug-likeness (QED) is 0.311. The zero-order valence-corrected chi connectivity index (χ0v) is 18.6. The molecule has 2 aromatic carbocycles. The van der Waals surface area contributed by atoms with Gasteiger partial charge in [-0.25, -0.2) is 14.6 Å². The van der Waals surface area contributed by atoms with E-state index < -0.39 is 0 Å². The molecule has 6 nitrogen and oxygen atoms in total. The zero-order chi connectivity index (χ0) is 21.8. The molecule has 4 aromatic rings. The molecule has 2 aromatic heterocycles. The van der Waals surface area contributed by atoms with Crippen molar-refractivity contribution in [3.05, 3.63) is 72.7 Å². The molecule has 0 aliphatic carbocycles. The Bertz CT molecular complexity index is 1190. The number of amides is 1. The Labute approximate surface area is 186 Å². The lowest BCUT2D eigenvalue weighted by molar-refractivity contribution is -0.115. The van der Waals surface area contributed by atoms with Gasteiger partial charge in [-0.05, 0) is 43.0 Å². The second-order valence-corrected chi connectivity index (χ2v) is 8.78. The number of aromatic nitrogens is 4. The Kier molecular flexibility index (Phi) is 6.32. The van der Waals surface area contributed by atoms with Crippen molar-refractivity contribution in [1.29, 1.82) is 0 Å². The van der Waals surface area contributed by atoms with E-state index >= 15 is 0 Å². The lowest BCUT2D eigenvalue weighted by Gasteiger charge is -2.17. The Hall–Kier alpha value is -3.19. The van der Waals surface area contributed by atoms with Crippen LogP contribution >= 0.6 is 11.8 Å². The first-order valence-electron chi connectivity index (χ1n) is 10.4. The summed E-state index contributed by atoms with van der Waals surface area (Å²) in [5.41, 5.74) is 3.68. The van der Waals surface area contributed by atoms with Crippen LogP contribution in [0.4, 0.5) is 5.69 Å². The van der Waals surface area contributed by atoms with E-state index in [1.54, 1.807) is 10.9 Å². The topological polar surface area (TPSA) is 72.7 Å². The molecule has 158 valence electrons. The molecular formula is C24H25N5OS. The number of nitrogens with zero attached hydrogens (tertiary/aromatic N) is 4. The third-order valence-electron chi connectivity index (χ3n) is 5.35. The SMILES string of the molecule is CC[C@H](C)c1ccccc1NC(=O)[C@H](C)Sc1ncnc2c1cnn2-c1ccccc1. The smallest absolute Gasteiger partial charge is 0.237 e. The number of carbonyl (C=O) groups is 1. The van der Waals surface area contributed by atoms with Crippen molar-refractivity contribution in [3.63, 3.8) is 0 Å². The molecule has 2 atom stereocenters. The van der Waals surface area contributed by atoms with Crippen molar-refractivity contribution >= 4 is 34.4 Å². The van der Waals surface area contributed by atoms with E-state index in [-0.39, 0.29) is 11.2 Å². The highest BCUT2D eigenvalue weighted by atomic mass is 32.2. The summed E-state index contributed by atoms with van der Waals surface area (Å²) in [4.78, 5) is 21.8. The minimum absolute atomic E-state index is 0.0528. The van der Waals surface area contributed by atoms with Crippen molar-refractivity contribution in [2.75, 3.05) is 5.32 Å². The van der Waals surface area contributed by atoms with Crippen LogP contribution in [0.2, 0.25) is 0 Å². The number of hydrogen-bond donors (Lipinski definition) is 1.